The van der Waals surface area contributed by atoms with Gasteiger partial charge < -0.3 is 19.5 Å². The smallest absolute Gasteiger partial charge is 0.308 e. The van der Waals surface area contributed by atoms with Crippen LogP contribution in [-0.2, 0) is 9.53 Å². The molecule has 9 heteroatoms. The van der Waals surface area contributed by atoms with Gasteiger partial charge in [0.2, 0.25) is 0 Å². The predicted octanol–water partition coefficient (Wildman–Crippen LogP) is 5.29. The van der Waals surface area contributed by atoms with E-state index in [0.29, 0.717) is 41.1 Å². The molecular formula is C23H23ClFN3O4. The molecule has 0 atom stereocenters. The maximum absolute atomic E-state index is 14.4. The predicted molar refractivity (Wildman–Crippen MR) is 119 cm³/mol. The summed E-state index contributed by atoms with van der Waals surface area (Å²) in [6.07, 6.45) is 4.19. The van der Waals surface area contributed by atoms with Crippen LogP contribution in [0.5, 0.6) is 11.5 Å². The first-order valence-electron chi connectivity index (χ1n) is 10.3. The van der Waals surface area contributed by atoms with Gasteiger partial charge in [-0.2, -0.15) is 0 Å². The largest absolute Gasteiger partial charge is 0.493 e. The molecule has 1 aliphatic carbocycles. The van der Waals surface area contributed by atoms with Crippen molar-refractivity contribution in [3.05, 3.63) is 47.5 Å². The molecule has 1 fully saturated rings. The van der Waals surface area contributed by atoms with Crippen LogP contribution in [0.4, 0.5) is 15.9 Å². The van der Waals surface area contributed by atoms with E-state index in [-0.39, 0.29) is 28.7 Å². The number of carbonyl (C=O) groups is 1. The highest BCUT2D eigenvalue weighted by Gasteiger charge is 2.28. The summed E-state index contributed by atoms with van der Waals surface area (Å²) in [6.45, 7) is 0. The molecule has 1 N–H and O–H groups in total. The van der Waals surface area contributed by atoms with Gasteiger partial charge in [-0.15, -0.1) is 0 Å². The average molecular weight is 460 g/mol. The van der Waals surface area contributed by atoms with Crippen LogP contribution in [0.15, 0.2) is 36.7 Å². The number of benzene rings is 2. The number of methoxy groups -OCH3 is 2. The van der Waals surface area contributed by atoms with Crippen molar-refractivity contribution in [2.24, 2.45) is 5.92 Å². The Morgan fingerprint density at radius 3 is 2.62 bits per heavy atom. The fraction of sp³-hybridized carbons (Fsp3) is 0.348. The molecule has 0 radical (unpaired) electrons. The molecule has 0 saturated heterocycles. The molecule has 0 spiro atoms. The Labute approximate surface area is 189 Å². The number of rotatable bonds is 6. The first kappa shape index (κ1) is 22.1. The van der Waals surface area contributed by atoms with Gasteiger partial charge in [0.25, 0.3) is 0 Å². The Kier molecular flexibility index (Phi) is 6.60. The van der Waals surface area contributed by atoms with Gasteiger partial charge in [-0.05, 0) is 43.9 Å². The molecule has 0 aliphatic heterocycles. The van der Waals surface area contributed by atoms with Crippen LogP contribution in [0.2, 0.25) is 5.02 Å². The van der Waals surface area contributed by atoms with Crippen molar-refractivity contribution in [3.63, 3.8) is 0 Å². The maximum Gasteiger partial charge on any atom is 0.308 e. The molecular weight excluding hydrogens is 437 g/mol. The van der Waals surface area contributed by atoms with Crippen molar-refractivity contribution in [2.75, 3.05) is 19.5 Å². The molecule has 1 saturated carbocycles. The fourth-order valence-electron chi connectivity index (χ4n) is 3.91. The molecule has 1 heterocycles. The van der Waals surface area contributed by atoms with Crippen LogP contribution in [-0.4, -0.2) is 36.3 Å². The zero-order valence-electron chi connectivity index (χ0n) is 17.7. The van der Waals surface area contributed by atoms with E-state index < -0.39 is 5.82 Å². The van der Waals surface area contributed by atoms with E-state index in [1.807, 2.05) is 0 Å². The Hall–Kier alpha value is -3.13. The van der Waals surface area contributed by atoms with Crippen molar-refractivity contribution in [1.29, 1.82) is 0 Å². The molecule has 1 aliphatic rings. The topological polar surface area (TPSA) is 82.6 Å². The lowest BCUT2D eigenvalue weighted by Crippen LogP contribution is -2.28. The van der Waals surface area contributed by atoms with Gasteiger partial charge in [0.1, 0.15) is 12.1 Å². The molecule has 7 nitrogen and oxygen atoms in total. The van der Waals surface area contributed by atoms with Gasteiger partial charge in [-0.1, -0.05) is 17.7 Å². The number of esters is 1. The molecule has 0 bridgehead atoms. The Bertz CT molecular complexity index is 1140. The maximum atomic E-state index is 14.4. The molecule has 168 valence electrons. The van der Waals surface area contributed by atoms with Gasteiger partial charge in [-0.25, -0.2) is 14.4 Å². The second-order valence-electron chi connectivity index (χ2n) is 7.58. The Morgan fingerprint density at radius 1 is 1.12 bits per heavy atom. The lowest BCUT2D eigenvalue weighted by atomic mass is 9.87. The number of nitrogens with one attached hydrogen (secondary N) is 1. The van der Waals surface area contributed by atoms with Crippen LogP contribution in [0.1, 0.15) is 25.7 Å². The standard InChI is InChI=1S/C23H23ClFN3O4/c1-30-19-11-18-15(10-20(19)32-14-8-6-13(7-9-14)23(29)31-2)22(27-12-26-18)28-17-5-3-4-16(24)21(17)25/h3-5,10-14H,6-9H2,1-2H3,(H,26,27,28)/t13-,14+. The Morgan fingerprint density at radius 2 is 1.91 bits per heavy atom. The van der Waals surface area contributed by atoms with E-state index in [9.17, 15) is 9.18 Å². The quantitative estimate of drug-likeness (QED) is 0.502. The summed E-state index contributed by atoms with van der Waals surface area (Å²) in [6, 6.07) is 8.25. The average Bonchev–Trinajstić information content (AvgIpc) is 2.82. The summed E-state index contributed by atoms with van der Waals surface area (Å²) in [5.74, 6) is 0.659. The molecule has 1 aromatic heterocycles. The van der Waals surface area contributed by atoms with Crippen LogP contribution in [0.25, 0.3) is 10.9 Å². The van der Waals surface area contributed by atoms with Gasteiger partial charge in [0, 0.05) is 11.5 Å². The molecule has 0 unspecified atom stereocenters. The number of aromatic nitrogens is 2. The summed E-state index contributed by atoms with van der Waals surface area (Å²) < 4.78 is 31.0. The Balaban J connectivity index is 1.61. The molecule has 0 amide bonds. The number of fused-ring (bicyclic) bond motifs is 1. The highest BCUT2D eigenvalue weighted by Crippen LogP contribution is 2.38. The summed E-state index contributed by atoms with van der Waals surface area (Å²) in [5.41, 5.74) is 0.820. The van der Waals surface area contributed by atoms with Crippen molar-refractivity contribution in [3.8, 4) is 11.5 Å². The van der Waals surface area contributed by atoms with Crippen LogP contribution < -0.4 is 14.8 Å². The van der Waals surface area contributed by atoms with Crippen LogP contribution in [0, 0.1) is 11.7 Å². The first-order chi connectivity index (χ1) is 15.5. The molecule has 3 aromatic rings. The fourth-order valence-corrected chi connectivity index (χ4v) is 4.08. The van der Waals surface area contributed by atoms with Crippen molar-refractivity contribution >= 4 is 40.0 Å². The van der Waals surface area contributed by atoms with E-state index >= 15 is 0 Å². The van der Waals surface area contributed by atoms with Gasteiger partial charge >= 0.3 is 5.97 Å². The number of anilines is 2. The second kappa shape index (κ2) is 9.56. The number of nitrogens with zero attached hydrogens (tertiary/aromatic N) is 2. The molecule has 4 rings (SSSR count). The molecule has 2 aromatic carbocycles. The summed E-state index contributed by atoms with van der Waals surface area (Å²) in [7, 11) is 2.97. The highest BCUT2D eigenvalue weighted by molar-refractivity contribution is 6.31. The third-order valence-corrected chi connectivity index (χ3v) is 5.92. The minimum Gasteiger partial charge on any atom is -0.493 e. The van der Waals surface area contributed by atoms with E-state index in [1.165, 1.54) is 19.5 Å². The van der Waals surface area contributed by atoms with Crippen molar-refractivity contribution < 1.29 is 23.4 Å². The lowest BCUT2D eigenvalue weighted by Gasteiger charge is -2.28. The first-order valence-corrected chi connectivity index (χ1v) is 10.7. The number of carbonyl (C=O) groups excluding carboxylic acids is 1. The minimum atomic E-state index is -0.562. The van der Waals surface area contributed by atoms with Gasteiger partial charge in [0.15, 0.2) is 17.3 Å². The van der Waals surface area contributed by atoms with Gasteiger partial charge in [-0.3, -0.25) is 4.79 Å². The lowest BCUT2D eigenvalue weighted by molar-refractivity contribution is -0.147. The van der Waals surface area contributed by atoms with Gasteiger partial charge in [0.05, 0.1) is 42.5 Å². The summed E-state index contributed by atoms with van der Waals surface area (Å²) in [5, 5.41) is 3.65. The zero-order chi connectivity index (χ0) is 22.7. The highest BCUT2D eigenvalue weighted by atomic mass is 35.5. The third-order valence-electron chi connectivity index (χ3n) is 5.63. The monoisotopic (exact) mass is 459 g/mol. The van der Waals surface area contributed by atoms with Crippen molar-refractivity contribution in [1.82, 2.24) is 9.97 Å². The third kappa shape index (κ3) is 4.55. The number of hydrogen-bond acceptors (Lipinski definition) is 7. The van der Waals surface area contributed by atoms with Crippen molar-refractivity contribution in [2.45, 2.75) is 31.8 Å². The molecule has 32 heavy (non-hydrogen) atoms. The minimum absolute atomic E-state index is 0.0154. The SMILES string of the molecule is COc1cc2ncnc(Nc3cccc(Cl)c3F)c2cc1O[C@H]1CC[C@@H](C(=O)OC)CC1. The number of hydrogen-bond donors (Lipinski definition) is 1. The van der Waals surface area contributed by atoms with Crippen LogP contribution in [0.3, 0.4) is 0 Å². The van der Waals surface area contributed by atoms with E-state index in [1.54, 1.807) is 31.4 Å². The van der Waals surface area contributed by atoms with E-state index in [0.717, 1.165) is 12.8 Å². The number of halogens is 2. The number of ether oxygens (including phenoxy) is 3. The van der Waals surface area contributed by atoms with E-state index in [4.69, 9.17) is 25.8 Å². The normalized spacial score (nSPS) is 18.2. The summed E-state index contributed by atoms with van der Waals surface area (Å²) in [4.78, 5) is 20.3. The summed E-state index contributed by atoms with van der Waals surface area (Å²) >= 11 is 5.90. The van der Waals surface area contributed by atoms with Crippen LogP contribution >= 0.6 is 11.6 Å². The zero-order valence-corrected chi connectivity index (χ0v) is 18.5. The second-order valence-corrected chi connectivity index (χ2v) is 7.99. The van der Waals surface area contributed by atoms with E-state index in [2.05, 4.69) is 15.3 Å².